The first-order valence-electron chi connectivity index (χ1n) is 4.97. The summed E-state index contributed by atoms with van der Waals surface area (Å²) in [4.78, 5) is 0. The van der Waals surface area contributed by atoms with Gasteiger partial charge in [0.25, 0.3) is 0 Å². The fraction of sp³-hybridized carbons (Fsp3) is 0.818. The third-order valence-electron chi connectivity index (χ3n) is 3.59. The number of nitrogens with one attached hydrogen (secondary N) is 1. The van der Waals surface area contributed by atoms with Crippen molar-refractivity contribution >= 4 is 0 Å². The molecule has 2 bridgehead atoms. The molecular weight excluding hydrogens is 146 g/mol. The number of piperidine rings is 1. The molecule has 0 radical (unpaired) electrons. The van der Waals surface area contributed by atoms with Crippen molar-refractivity contribution in [1.29, 1.82) is 0 Å². The second kappa shape index (κ2) is 2.35. The van der Waals surface area contributed by atoms with Gasteiger partial charge in [-0.3, -0.25) is 0 Å². The average molecular weight is 165 g/mol. The maximum atomic E-state index is 3.92. The van der Waals surface area contributed by atoms with E-state index in [1.807, 2.05) is 0 Å². The van der Waals surface area contributed by atoms with Gasteiger partial charge in [0.1, 0.15) is 0 Å². The van der Waals surface area contributed by atoms with Crippen molar-refractivity contribution < 1.29 is 0 Å². The van der Waals surface area contributed by atoms with Crippen LogP contribution in [0.15, 0.2) is 12.7 Å². The standard InChI is InChI=1S/C11H19N/c1-4-9-7-10(2)5-6-11(3,8-9)12-10/h4,9,12H,1,5-8H2,2-3H3/t9?,10-,11+. The lowest BCUT2D eigenvalue weighted by atomic mass is 9.80. The minimum absolute atomic E-state index is 0.409. The predicted octanol–water partition coefficient (Wildman–Crippen LogP) is 2.48. The maximum Gasteiger partial charge on any atom is 0.0164 e. The fourth-order valence-electron chi connectivity index (χ4n) is 3.11. The summed E-state index contributed by atoms with van der Waals surface area (Å²) in [6, 6.07) is 0. The number of rotatable bonds is 1. The van der Waals surface area contributed by atoms with E-state index in [4.69, 9.17) is 0 Å². The van der Waals surface area contributed by atoms with Gasteiger partial charge in [0.05, 0.1) is 0 Å². The summed E-state index contributed by atoms with van der Waals surface area (Å²) in [7, 11) is 0. The zero-order valence-corrected chi connectivity index (χ0v) is 8.19. The van der Waals surface area contributed by atoms with Crippen LogP contribution in [0.3, 0.4) is 0 Å². The van der Waals surface area contributed by atoms with Gasteiger partial charge in [0, 0.05) is 11.1 Å². The lowest BCUT2D eigenvalue weighted by Gasteiger charge is -2.41. The van der Waals surface area contributed by atoms with Gasteiger partial charge in [-0.25, -0.2) is 0 Å². The quantitative estimate of drug-likeness (QED) is 0.589. The van der Waals surface area contributed by atoms with E-state index in [1.165, 1.54) is 25.7 Å². The van der Waals surface area contributed by atoms with Crippen LogP contribution in [0.5, 0.6) is 0 Å². The summed E-state index contributed by atoms with van der Waals surface area (Å²) in [5.74, 6) is 0.740. The Morgan fingerprint density at radius 2 is 1.75 bits per heavy atom. The largest absolute Gasteiger partial charge is 0.306 e. The third-order valence-corrected chi connectivity index (χ3v) is 3.59. The molecule has 2 aliphatic heterocycles. The fourth-order valence-corrected chi connectivity index (χ4v) is 3.11. The monoisotopic (exact) mass is 165 g/mol. The van der Waals surface area contributed by atoms with Gasteiger partial charge in [-0.15, -0.1) is 6.58 Å². The number of hydrogen-bond donors (Lipinski definition) is 1. The van der Waals surface area contributed by atoms with Crippen LogP contribution in [0.4, 0.5) is 0 Å². The Morgan fingerprint density at radius 1 is 1.25 bits per heavy atom. The van der Waals surface area contributed by atoms with Gasteiger partial charge in [0.2, 0.25) is 0 Å². The Hall–Kier alpha value is -0.300. The third kappa shape index (κ3) is 1.20. The first-order chi connectivity index (χ1) is 5.55. The van der Waals surface area contributed by atoms with Crippen LogP contribution in [0.1, 0.15) is 39.5 Å². The first-order valence-corrected chi connectivity index (χ1v) is 4.97. The smallest absolute Gasteiger partial charge is 0.0164 e. The number of allylic oxidation sites excluding steroid dienone is 1. The van der Waals surface area contributed by atoms with E-state index in [0.29, 0.717) is 11.1 Å². The SMILES string of the molecule is C=CC1C[C@]2(C)CC[C@](C)(C1)N2. The molecule has 1 heteroatoms. The summed E-state index contributed by atoms with van der Waals surface area (Å²) in [6.45, 7) is 8.63. The molecule has 2 aliphatic rings. The summed E-state index contributed by atoms with van der Waals surface area (Å²) >= 11 is 0. The van der Waals surface area contributed by atoms with Crippen molar-refractivity contribution in [3.05, 3.63) is 12.7 Å². The van der Waals surface area contributed by atoms with Gasteiger partial charge in [-0.05, 0) is 45.4 Å². The minimum Gasteiger partial charge on any atom is -0.306 e. The van der Waals surface area contributed by atoms with Crippen LogP contribution in [-0.4, -0.2) is 11.1 Å². The van der Waals surface area contributed by atoms with Crippen LogP contribution in [0, 0.1) is 5.92 Å². The van der Waals surface area contributed by atoms with Crippen molar-refractivity contribution in [2.24, 2.45) is 5.92 Å². The molecule has 0 aromatic heterocycles. The summed E-state index contributed by atoms with van der Waals surface area (Å²) in [5.41, 5.74) is 0.817. The first kappa shape index (κ1) is 8.31. The Balaban J connectivity index is 2.21. The Kier molecular flexibility index (Phi) is 1.63. The maximum absolute atomic E-state index is 3.92. The molecule has 0 amide bonds. The molecule has 3 atom stereocenters. The molecule has 1 nitrogen and oxygen atoms in total. The zero-order chi connectivity index (χ0) is 8.82. The van der Waals surface area contributed by atoms with Crippen molar-refractivity contribution in [3.63, 3.8) is 0 Å². The highest BCUT2D eigenvalue weighted by Crippen LogP contribution is 2.44. The van der Waals surface area contributed by atoms with Crippen molar-refractivity contribution in [2.75, 3.05) is 0 Å². The highest BCUT2D eigenvalue weighted by atomic mass is 15.1. The van der Waals surface area contributed by atoms with E-state index >= 15 is 0 Å². The topological polar surface area (TPSA) is 12.0 Å². The second-order valence-electron chi connectivity index (χ2n) is 5.15. The van der Waals surface area contributed by atoms with Crippen LogP contribution < -0.4 is 5.32 Å². The lowest BCUT2D eigenvalue weighted by Crippen LogP contribution is -2.53. The molecule has 2 fully saturated rings. The summed E-state index contributed by atoms with van der Waals surface area (Å²) in [6.07, 6.45) is 7.39. The Labute approximate surface area is 75.2 Å². The normalized spacial score (nSPS) is 52.3. The van der Waals surface area contributed by atoms with Crippen molar-refractivity contribution in [1.82, 2.24) is 5.32 Å². The van der Waals surface area contributed by atoms with Gasteiger partial charge in [0.15, 0.2) is 0 Å². The van der Waals surface area contributed by atoms with Crippen molar-refractivity contribution in [2.45, 2.75) is 50.6 Å². The molecule has 0 aromatic carbocycles. The predicted molar refractivity (Wildman–Crippen MR) is 52.1 cm³/mol. The highest BCUT2D eigenvalue weighted by molar-refractivity contribution is 5.10. The van der Waals surface area contributed by atoms with E-state index in [2.05, 4.69) is 31.8 Å². The van der Waals surface area contributed by atoms with Gasteiger partial charge in [-0.1, -0.05) is 6.08 Å². The average Bonchev–Trinajstić information content (AvgIpc) is 2.20. The molecule has 0 saturated carbocycles. The lowest BCUT2D eigenvalue weighted by molar-refractivity contribution is 0.197. The van der Waals surface area contributed by atoms with Gasteiger partial charge >= 0.3 is 0 Å². The van der Waals surface area contributed by atoms with Crippen molar-refractivity contribution in [3.8, 4) is 0 Å². The molecule has 12 heavy (non-hydrogen) atoms. The molecule has 1 N–H and O–H groups in total. The minimum atomic E-state index is 0.409. The van der Waals surface area contributed by atoms with Crippen LogP contribution in [0.2, 0.25) is 0 Å². The number of fused-ring (bicyclic) bond motifs is 2. The Bertz CT molecular complexity index is 193. The molecule has 0 aromatic rings. The molecule has 2 rings (SSSR count). The molecule has 2 heterocycles. The van der Waals surface area contributed by atoms with E-state index < -0.39 is 0 Å². The molecule has 0 aliphatic carbocycles. The molecule has 1 unspecified atom stereocenters. The van der Waals surface area contributed by atoms with E-state index in [0.717, 1.165) is 5.92 Å². The van der Waals surface area contributed by atoms with Crippen LogP contribution in [0.25, 0.3) is 0 Å². The second-order valence-corrected chi connectivity index (χ2v) is 5.15. The number of hydrogen-bond acceptors (Lipinski definition) is 1. The van der Waals surface area contributed by atoms with E-state index in [-0.39, 0.29) is 0 Å². The van der Waals surface area contributed by atoms with E-state index in [1.54, 1.807) is 0 Å². The molecule has 0 spiro atoms. The van der Waals surface area contributed by atoms with Crippen LogP contribution >= 0.6 is 0 Å². The molecule has 2 saturated heterocycles. The molecular formula is C11H19N. The van der Waals surface area contributed by atoms with E-state index in [9.17, 15) is 0 Å². The Morgan fingerprint density at radius 3 is 2.17 bits per heavy atom. The van der Waals surface area contributed by atoms with Crippen LogP contribution in [-0.2, 0) is 0 Å². The van der Waals surface area contributed by atoms with Gasteiger partial charge in [-0.2, -0.15) is 0 Å². The van der Waals surface area contributed by atoms with Gasteiger partial charge < -0.3 is 5.32 Å². The highest BCUT2D eigenvalue weighted by Gasteiger charge is 2.47. The summed E-state index contributed by atoms with van der Waals surface area (Å²) in [5, 5.41) is 3.76. The zero-order valence-electron chi connectivity index (χ0n) is 8.19. The summed E-state index contributed by atoms with van der Waals surface area (Å²) < 4.78 is 0. The molecule has 68 valence electrons.